The molecule has 0 aromatic rings. The molecule has 0 aliphatic heterocycles. The largest absolute Gasteiger partial charge is 0.352 e. The summed E-state index contributed by atoms with van der Waals surface area (Å²) in [6.07, 6.45) is 0. The van der Waals surface area contributed by atoms with Gasteiger partial charge in [0, 0.05) is 0 Å². The molecular weight excluding hydrogens is 104 g/mol. The van der Waals surface area contributed by atoms with E-state index in [-0.39, 0.29) is 0 Å². The van der Waals surface area contributed by atoms with Crippen LogP contribution in [0.1, 0.15) is 13.8 Å². The van der Waals surface area contributed by atoms with Crippen LogP contribution in [0.3, 0.4) is 0 Å². The first-order valence-electron chi connectivity index (χ1n) is 2.03. The lowest BCUT2D eigenvalue weighted by atomic mass is 10.7. The highest BCUT2D eigenvalue weighted by Crippen LogP contribution is 1.39. The van der Waals surface area contributed by atoms with Gasteiger partial charge in [-0.2, -0.15) is 0 Å². The lowest BCUT2D eigenvalue weighted by Crippen LogP contribution is -2.18. The van der Waals surface area contributed by atoms with Crippen LogP contribution in [0.2, 0.25) is 0 Å². The van der Waals surface area contributed by atoms with E-state index in [2.05, 4.69) is 23.3 Å². The highest BCUT2D eigenvalue weighted by atomic mass is 16.2. The summed E-state index contributed by atoms with van der Waals surface area (Å²) in [7, 11) is 0. The van der Waals surface area contributed by atoms with Crippen molar-refractivity contribution in [3.05, 3.63) is 0 Å². The third-order valence-corrected chi connectivity index (χ3v) is 0.250. The minimum absolute atomic E-state index is 0.833. The summed E-state index contributed by atoms with van der Waals surface area (Å²) in [6, 6.07) is -0.833. The Morgan fingerprint density at radius 1 is 1.25 bits per heavy atom. The van der Waals surface area contributed by atoms with E-state index in [1.807, 2.05) is 13.8 Å². The van der Waals surface area contributed by atoms with Gasteiger partial charge in [-0.25, -0.2) is 4.79 Å². The number of carbonyl (C=O) groups is 1. The van der Waals surface area contributed by atoms with Crippen molar-refractivity contribution in [1.29, 1.82) is 0 Å². The molecule has 0 atom stereocenters. The minimum atomic E-state index is -0.833. The zero-order chi connectivity index (χ0) is 6.99. The summed E-state index contributed by atoms with van der Waals surface area (Å²) in [5.41, 5.74) is 8.50. The standard InChI is InChI=1S/C4H6.CH4N2O/c1-3-4-2;2-1(3)4/h1-2H3;(H4,2,3,4). The fourth-order valence-electron chi connectivity index (χ4n) is 0. The summed E-state index contributed by atoms with van der Waals surface area (Å²) in [5, 5.41) is 0. The predicted octanol–water partition coefficient (Wildman–Crippen LogP) is 0.0534. The zero-order valence-electron chi connectivity index (χ0n) is 5.06. The maximum atomic E-state index is 9.00. The quantitative estimate of drug-likeness (QED) is 0.429. The normalized spacial score (nSPS) is 4.75. The van der Waals surface area contributed by atoms with Crippen molar-refractivity contribution in [2.75, 3.05) is 0 Å². The Kier molecular flexibility index (Phi) is 11.5. The van der Waals surface area contributed by atoms with Crippen LogP contribution in [0.25, 0.3) is 0 Å². The molecule has 0 spiro atoms. The van der Waals surface area contributed by atoms with Crippen molar-refractivity contribution in [3.63, 3.8) is 0 Å². The molecule has 4 N–H and O–H groups in total. The van der Waals surface area contributed by atoms with Crippen LogP contribution in [0, 0.1) is 11.8 Å². The van der Waals surface area contributed by atoms with Crippen molar-refractivity contribution in [2.24, 2.45) is 11.5 Å². The van der Waals surface area contributed by atoms with E-state index in [1.165, 1.54) is 0 Å². The molecule has 0 saturated carbocycles. The molecule has 0 rings (SSSR count). The SMILES string of the molecule is CC#CC.NC(N)=O. The van der Waals surface area contributed by atoms with Crippen molar-refractivity contribution < 1.29 is 4.79 Å². The Labute approximate surface area is 49.0 Å². The van der Waals surface area contributed by atoms with E-state index < -0.39 is 6.03 Å². The summed E-state index contributed by atoms with van der Waals surface area (Å²) in [5.74, 6) is 5.36. The fraction of sp³-hybridized carbons (Fsp3) is 0.400. The van der Waals surface area contributed by atoms with Gasteiger partial charge in [-0.05, 0) is 13.8 Å². The molecule has 0 heterocycles. The van der Waals surface area contributed by atoms with Crippen molar-refractivity contribution in [1.82, 2.24) is 0 Å². The van der Waals surface area contributed by atoms with Crippen LogP contribution in [0.5, 0.6) is 0 Å². The van der Waals surface area contributed by atoms with Gasteiger partial charge in [0.05, 0.1) is 0 Å². The molecule has 0 aromatic heterocycles. The lowest BCUT2D eigenvalue weighted by Gasteiger charge is -1.62. The number of urea groups is 1. The molecule has 0 aromatic carbocycles. The van der Waals surface area contributed by atoms with E-state index in [1.54, 1.807) is 0 Å². The number of rotatable bonds is 0. The summed E-state index contributed by atoms with van der Waals surface area (Å²) in [6.45, 7) is 3.64. The second-order valence-corrected chi connectivity index (χ2v) is 0.902. The van der Waals surface area contributed by atoms with Crippen molar-refractivity contribution >= 4 is 6.03 Å². The van der Waals surface area contributed by atoms with Gasteiger partial charge in [0.2, 0.25) is 0 Å². The Hall–Kier alpha value is -1.17. The molecule has 0 fully saturated rings. The Morgan fingerprint density at radius 3 is 1.38 bits per heavy atom. The third kappa shape index (κ3) is 2450. The first kappa shape index (κ1) is 9.95. The summed E-state index contributed by atoms with van der Waals surface area (Å²) >= 11 is 0. The second kappa shape index (κ2) is 9.27. The number of hydrogen-bond acceptors (Lipinski definition) is 1. The monoisotopic (exact) mass is 114 g/mol. The van der Waals surface area contributed by atoms with Crippen LogP contribution in [-0.2, 0) is 0 Å². The highest BCUT2D eigenvalue weighted by molar-refractivity contribution is 5.69. The third-order valence-electron chi connectivity index (χ3n) is 0.250. The zero-order valence-corrected chi connectivity index (χ0v) is 5.06. The van der Waals surface area contributed by atoms with Gasteiger partial charge in [-0.3, -0.25) is 0 Å². The molecule has 0 radical (unpaired) electrons. The Morgan fingerprint density at radius 2 is 1.38 bits per heavy atom. The summed E-state index contributed by atoms with van der Waals surface area (Å²) in [4.78, 5) is 9.00. The number of hydrogen-bond donors (Lipinski definition) is 2. The van der Waals surface area contributed by atoms with Crippen molar-refractivity contribution in [3.8, 4) is 11.8 Å². The van der Waals surface area contributed by atoms with Crippen LogP contribution >= 0.6 is 0 Å². The molecule has 3 heteroatoms. The highest BCUT2D eigenvalue weighted by Gasteiger charge is 1.60. The van der Waals surface area contributed by atoms with E-state index >= 15 is 0 Å². The molecule has 46 valence electrons. The van der Waals surface area contributed by atoms with Crippen LogP contribution in [0.4, 0.5) is 4.79 Å². The number of nitrogens with two attached hydrogens (primary N) is 2. The number of carbonyl (C=O) groups excluding carboxylic acids is 1. The molecule has 2 amide bonds. The Balaban J connectivity index is 0. The van der Waals surface area contributed by atoms with Gasteiger partial charge in [-0.1, -0.05) is 0 Å². The van der Waals surface area contributed by atoms with Gasteiger partial charge in [0.1, 0.15) is 0 Å². The first-order chi connectivity index (χ1) is 3.65. The Bertz CT molecular complexity index is 99.3. The second-order valence-electron chi connectivity index (χ2n) is 0.902. The molecule has 8 heavy (non-hydrogen) atoms. The predicted molar refractivity (Wildman–Crippen MR) is 32.9 cm³/mol. The molecule has 3 nitrogen and oxygen atoms in total. The van der Waals surface area contributed by atoms with Gasteiger partial charge < -0.3 is 11.5 Å². The summed E-state index contributed by atoms with van der Waals surface area (Å²) < 4.78 is 0. The van der Waals surface area contributed by atoms with E-state index in [4.69, 9.17) is 4.79 Å². The minimum Gasteiger partial charge on any atom is -0.352 e. The molecule has 0 saturated heterocycles. The van der Waals surface area contributed by atoms with E-state index in [0.29, 0.717) is 0 Å². The molecular formula is C5H10N2O. The number of amides is 2. The van der Waals surface area contributed by atoms with E-state index in [9.17, 15) is 0 Å². The van der Waals surface area contributed by atoms with Gasteiger partial charge in [0.15, 0.2) is 0 Å². The maximum Gasteiger partial charge on any atom is 0.309 e. The van der Waals surface area contributed by atoms with Crippen LogP contribution < -0.4 is 11.5 Å². The smallest absolute Gasteiger partial charge is 0.309 e. The maximum absolute atomic E-state index is 9.00. The average molecular weight is 114 g/mol. The van der Waals surface area contributed by atoms with Gasteiger partial charge in [0.25, 0.3) is 0 Å². The number of primary amides is 2. The van der Waals surface area contributed by atoms with Gasteiger partial charge in [-0.15, -0.1) is 11.8 Å². The lowest BCUT2D eigenvalue weighted by molar-refractivity contribution is 0.256. The molecule has 0 unspecified atom stereocenters. The van der Waals surface area contributed by atoms with E-state index in [0.717, 1.165) is 0 Å². The van der Waals surface area contributed by atoms with Gasteiger partial charge >= 0.3 is 6.03 Å². The van der Waals surface area contributed by atoms with Crippen molar-refractivity contribution in [2.45, 2.75) is 13.8 Å². The van der Waals surface area contributed by atoms with Crippen LogP contribution in [-0.4, -0.2) is 6.03 Å². The fourth-order valence-corrected chi connectivity index (χ4v) is 0. The molecule has 0 aliphatic carbocycles. The molecule has 0 bridgehead atoms. The average Bonchev–Trinajstić information content (AvgIpc) is 1.65. The van der Waals surface area contributed by atoms with Crippen LogP contribution in [0.15, 0.2) is 0 Å². The topological polar surface area (TPSA) is 69.1 Å². The first-order valence-corrected chi connectivity index (χ1v) is 2.03. The molecule has 0 aliphatic rings.